The zero-order valence-corrected chi connectivity index (χ0v) is 12.2. The van der Waals surface area contributed by atoms with Gasteiger partial charge in [-0.15, -0.1) is 12.4 Å². The van der Waals surface area contributed by atoms with E-state index >= 15 is 0 Å². The second kappa shape index (κ2) is 7.93. The normalized spacial score (nSPS) is 23.9. The Morgan fingerprint density at radius 3 is 2.24 bits per heavy atom. The predicted octanol–water partition coefficient (Wildman–Crippen LogP) is 2.59. The second-order valence-corrected chi connectivity index (χ2v) is 5.01. The fourth-order valence-corrected chi connectivity index (χ4v) is 2.44. The average Bonchev–Trinajstić information content (AvgIpc) is 2.29. The fraction of sp³-hybridized carbons (Fsp3) is 0.923. The summed E-state index contributed by atoms with van der Waals surface area (Å²) >= 11 is 0. The van der Waals surface area contributed by atoms with E-state index in [9.17, 15) is 4.79 Å². The molecule has 4 heteroatoms. The van der Waals surface area contributed by atoms with Crippen molar-refractivity contribution in [3.05, 3.63) is 0 Å². The third-order valence-corrected chi connectivity index (χ3v) is 3.37. The van der Waals surface area contributed by atoms with Crippen LogP contribution in [-0.2, 0) is 4.79 Å². The zero-order valence-electron chi connectivity index (χ0n) is 11.4. The number of carbonyl (C=O) groups excluding carboxylic acids is 1. The Morgan fingerprint density at radius 1 is 1.24 bits per heavy atom. The molecule has 0 aliphatic carbocycles. The number of piperidine rings is 1. The predicted molar refractivity (Wildman–Crippen MR) is 74.7 cm³/mol. The smallest absolute Gasteiger partial charge is 0.242 e. The van der Waals surface area contributed by atoms with Crippen LogP contribution in [0.4, 0.5) is 0 Å². The van der Waals surface area contributed by atoms with Gasteiger partial charge in [-0.3, -0.25) is 4.79 Å². The van der Waals surface area contributed by atoms with Crippen LogP contribution in [-0.4, -0.2) is 36.0 Å². The molecule has 0 aromatic heterocycles. The van der Waals surface area contributed by atoms with E-state index in [4.69, 9.17) is 0 Å². The van der Waals surface area contributed by atoms with Crippen molar-refractivity contribution in [3.8, 4) is 0 Å². The first-order chi connectivity index (χ1) is 7.64. The lowest BCUT2D eigenvalue weighted by Crippen LogP contribution is -2.58. The lowest BCUT2D eigenvalue weighted by atomic mass is 9.89. The van der Waals surface area contributed by atoms with Crippen molar-refractivity contribution in [1.29, 1.82) is 0 Å². The molecule has 0 spiro atoms. The SMILES string of the molecule is CCCN(CCC)C(=O)C1(C)CCCCN1.Cl. The number of nitrogens with one attached hydrogen (secondary N) is 1. The molecule has 102 valence electrons. The molecule has 1 saturated heterocycles. The third kappa shape index (κ3) is 4.47. The summed E-state index contributed by atoms with van der Waals surface area (Å²) in [6.07, 6.45) is 5.44. The highest BCUT2D eigenvalue weighted by Crippen LogP contribution is 2.21. The zero-order chi connectivity index (χ0) is 12.0. The maximum Gasteiger partial charge on any atom is 0.242 e. The highest BCUT2D eigenvalue weighted by Gasteiger charge is 2.36. The van der Waals surface area contributed by atoms with Crippen molar-refractivity contribution in [2.75, 3.05) is 19.6 Å². The first-order valence-corrected chi connectivity index (χ1v) is 6.68. The number of halogens is 1. The van der Waals surface area contributed by atoms with Gasteiger partial charge < -0.3 is 10.2 Å². The molecular weight excluding hydrogens is 236 g/mol. The van der Waals surface area contributed by atoms with Crippen molar-refractivity contribution in [1.82, 2.24) is 10.2 Å². The van der Waals surface area contributed by atoms with Crippen LogP contribution in [0.5, 0.6) is 0 Å². The van der Waals surface area contributed by atoms with Crippen LogP contribution in [0.3, 0.4) is 0 Å². The highest BCUT2D eigenvalue weighted by molar-refractivity contribution is 5.86. The molecule has 0 radical (unpaired) electrons. The summed E-state index contributed by atoms with van der Waals surface area (Å²) in [5.41, 5.74) is -0.303. The van der Waals surface area contributed by atoms with Crippen molar-refractivity contribution >= 4 is 18.3 Å². The average molecular weight is 263 g/mol. The van der Waals surface area contributed by atoms with Crippen LogP contribution < -0.4 is 5.32 Å². The molecular formula is C13H27ClN2O. The van der Waals surface area contributed by atoms with Crippen LogP contribution in [0.25, 0.3) is 0 Å². The van der Waals surface area contributed by atoms with E-state index < -0.39 is 0 Å². The molecule has 1 amide bonds. The molecule has 1 aliphatic rings. The number of hydrogen-bond donors (Lipinski definition) is 1. The Bertz CT molecular complexity index is 221. The largest absolute Gasteiger partial charge is 0.341 e. The molecule has 0 bridgehead atoms. The molecule has 3 nitrogen and oxygen atoms in total. The van der Waals surface area contributed by atoms with E-state index in [0.29, 0.717) is 5.91 Å². The van der Waals surface area contributed by atoms with Gasteiger partial charge in [-0.1, -0.05) is 13.8 Å². The van der Waals surface area contributed by atoms with Crippen molar-refractivity contribution in [2.24, 2.45) is 0 Å². The minimum atomic E-state index is -0.303. The number of rotatable bonds is 5. The van der Waals surface area contributed by atoms with Crippen molar-refractivity contribution in [3.63, 3.8) is 0 Å². The molecule has 1 atom stereocenters. The van der Waals surface area contributed by atoms with Gasteiger partial charge >= 0.3 is 0 Å². The van der Waals surface area contributed by atoms with E-state index in [1.165, 1.54) is 12.8 Å². The maximum absolute atomic E-state index is 12.5. The minimum absolute atomic E-state index is 0. The summed E-state index contributed by atoms with van der Waals surface area (Å²) in [7, 11) is 0. The molecule has 0 saturated carbocycles. The Kier molecular flexibility index (Phi) is 7.80. The van der Waals surface area contributed by atoms with Gasteiger partial charge in [-0.25, -0.2) is 0 Å². The Balaban J connectivity index is 0.00000256. The Hall–Kier alpha value is -0.280. The topological polar surface area (TPSA) is 32.3 Å². The summed E-state index contributed by atoms with van der Waals surface area (Å²) < 4.78 is 0. The molecule has 1 rings (SSSR count). The molecule has 1 unspecified atom stereocenters. The molecule has 0 aromatic carbocycles. The maximum atomic E-state index is 12.5. The van der Waals surface area contributed by atoms with Gasteiger partial charge in [0.15, 0.2) is 0 Å². The van der Waals surface area contributed by atoms with Crippen molar-refractivity contribution in [2.45, 2.75) is 58.4 Å². The lowest BCUT2D eigenvalue weighted by Gasteiger charge is -2.38. The van der Waals surface area contributed by atoms with Gasteiger partial charge in [0.2, 0.25) is 5.91 Å². The van der Waals surface area contributed by atoms with Gasteiger partial charge in [0, 0.05) is 13.1 Å². The summed E-state index contributed by atoms with van der Waals surface area (Å²) in [5, 5.41) is 3.40. The molecule has 17 heavy (non-hydrogen) atoms. The number of nitrogens with zero attached hydrogens (tertiary/aromatic N) is 1. The van der Waals surface area contributed by atoms with Crippen LogP contribution in [0, 0.1) is 0 Å². The Morgan fingerprint density at radius 2 is 1.82 bits per heavy atom. The second-order valence-electron chi connectivity index (χ2n) is 5.01. The molecule has 0 aromatic rings. The molecule has 1 fully saturated rings. The van der Waals surface area contributed by atoms with Gasteiger partial charge in [0.05, 0.1) is 5.54 Å². The number of hydrogen-bond acceptors (Lipinski definition) is 2. The summed E-state index contributed by atoms with van der Waals surface area (Å²) in [6, 6.07) is 0. The summed E-state index contributed by atoms with van der Waals surface area (Å²) in [5.74, 6) is 0.302. The van der Waals surface area contributed by atoms with Gasteiger partial charge in [-0.2, -0.15) is 0 Å². The fourth-order valence-electron chi connectivity index (χ4n) is 2.44. The van der Waals surface area contributed by atoms with Crippen LogP contribution in [0.1, 0.15) is 52.9 Å². The standard InChI is InChI=1S/C13H26N2O.ClH/c1-4-10-15(11-5-2)12(16)13(3)8-6-7-9-14-13;/h14H,4-11H2,1-3H3;1H. The van der Waals surface area contributed by atoms with Crippen LogP contribution in [0.2, 0.25) is 0 Å². The van der Waals surface area contributed by atoms with Crippen molar-refractivity contribution < 1.29 is 4.79 Å². The first-order valence-electron chi connectivity index (χ1n) is 6.68. The van der Waals surface area contributed by atoms with Gasteiger partial charge in [-0.05, 0) is 45.6 Å². The van der Waals surface area contributed by atoms with E-state index in [2.05, 4.69) is 26.1 Å². The molecule has 1 aliphatic heterocycles. The monoisotopic (exact) mass is 262 g/mol. The van der Waals surface area contributed by atoms with E-state index in [1.807, 2.05) is 4.90 Å². The van der Waals surface area contributed by atoms with E-state index in [0.717, 1.165) is 38.9 Å². The van der Waals surface area contributed by atoms with Gasteiger partial charge in [0.25, 0.3) is 0 Å². The van der Waals surface area contributed by atoms with Crippen LogP contribution in [0.15, 0.2) is 0 Å². The third-order valence-electron chi connectivity index (χ3n) is 3.37. The molecule has 1 heterocycles. The first kappa shape index (κ1) is 16.7. The summed E-state index contributed by atoms with van der Waals surface area (Å²) in [6.45, 7) is 9.09. The Labute approximate surface area is 112 Å². The number of carbonyl (C=O) groups is 1. The van der Waals surface area contributed by atoms with Gasteiger partial charge in [0.1, 0.15) is 0 Å². The summed E-state index contributed by atoms with van der Waals surface area (Å²) in [4.78, 5) is 14.5. The minimum Gasteiger partial charge on any atom is -0.341 e. The quantitative estimate of drug-likeness (QED) is 0.826. The molecule has 1 N–H and O–H groups in total. The lowest BCUT2D eigenvalue weighted by molar-refractivity contribution is -0.138. The highest BCUT2D eigenvalue weighted by atomic mass is 35.5. The number of amides is 1. The van der Waals surface area contributed by atoms with E-state index in [-0.39, 0.29) is 17.9 Å². The van der Waals surface area contributed by atoms with E-state index in [1.54, 1.807) is 0 Å². The van der Waals surface area contributed by atoms with Crippen LogP contribution >= 0.6 is 12.4 Å².